The first kappa shape index (κ1) is 8.51. The SMILES string of the molecule is C=C(C)CC1CCCC(=O)C1. The Morgan fingerprint density at radius 2 is 2.45 bits per heavy atom. The lowest BCUT2D eigenvalue weighted by molar-refractivity contribution is -0.121. The first-order valence-corrected chi connectivity index (χ1v) is 4.34. The zero-order valence-corrected chi connectivity index (χ0v) is 7.23. The van der Waals surface area contributed by atoms with E-state index in [0.717, 1.165) is 25.7 Å². The highest BCUT2D eigenvalue weighted by Gasteiger charge is 2.18. The van der Waals surface area contributed by atoms with Crippen LogP contribution in [0.15, 0.2) is 12.2 Å². The van der Waals surface area contributed by atoms with Gasteiger partial charge in [-0.2, -0.15) is 0 Å². The molecular weight excluding hydrogens is 136 g/mol. The topological polar surface area (TPSA) is 17.1 Å². The molecule has 1 aliphatic carbocycles. The number of ketones is 1. The highest BCUT2D eigenvalue weighted by Crippen LogP contribution is 2.26. The van der Waals surface area contributed by atoms with Crippen molar-refractivity contribution in [3.05, 3.63) is 12.2 Å². The predicted octanol–water partition coefficient (Wildman–Crippen LogP) is 2.71. The van der Waals surface area contributed by atoms with Crippen LogP contribution in [-0.4, -0.2) is 5.78 Å². The van der Waals surface area contributed by atoms with Crippen molar-refractivity contribution in [1.82, 2.24) is 0 Å². The third-order valence-electron chi connectivity index (χ3n) is 2.22. The summed E-state index contributed by atoms with van der Waals surface area (Å²) in [5, 5.41) is 0. The smallest absolute Gasteiger partial charge is 0.133 e. The summed E-state index contributed by atoms with van der Waals surface area (Å²) in [6, 6.07) is 0. The summed E-state index contributed by atoms with van der Waals surface area (Å²) in [5.74, 6) is 1.05. The summed E-state index contributed by atoms with van der Waals surface area (Å²) in [6.45, 7) is 5.90. The van der Waals surface area contributed by atoms with E-state index >= 15 is 0 Å². The molecule has 1 atom stereocenters. The minimum Gasteiger partial charge on any atom is -0.300 e. The largest absolute Gasteiger partial charge is 0.300 e. The molecule has 1 nitrogen and oxygen atoms in total. The van der Waals surface area contributed by atoms with Crippen LogP contribution in [0.4, 0.5) is 0 Å². The van der Waals surface area contributed by atoms with Crippen molar-refractivity contribution in [2.75, 3.05) is 0 Å². The first-order chi connectivity index (χ1) is 5.18. The minimum atomic E-state index is 0.447. The van der Waals surface area contributed by atoms with Gasteiger partial charge < -0.3 is 0 Å². The Kier molecular flexibility index (Phi) is 2.86. The van der Waals surface area contributed by atoms with Crippen LogP contribution < -0.4 is 0 Å². The standard InChI is InChI=1S/C10H16O/c1-8(2)6-9-4-3-5-10(11)7-9/h9H,1,3-7H2,2H3. The molecule has 1 saturated carbocycles. The summed E-state index contributed by atoms with van der Waals surface area (Å²) < 4.78 is 0. The van der Waals surface area contributed by atoms with Gasteiger partial charge in [-0.1, -0.05) is 5.57 Å². The second kappa shape index (κ2) is 3.70. The average Bonchev–Trinajstić information content (AvgIpc) is 1.85. The quantitative estimate of drug-likeness (QED) is 0.556. The number of hydrogen-bond acceptors (Lipinski definition) is 1. The van der Waals surface area contributed by atoms with E-state index in [1.807, 2.05) is 6.92 Å². The Balaban J connectivity index is 2.34. The van der Waals surface area contributed by atoms with Gasteiger partial charge in [-0.3, -0.25) is 4.79 Å². The maximum Gasteiger partial charge on any atom is 0.133 e. The Morgan fingerprint density at radius 3 is 3.00 bits per heavy atom. The van der Waals surface area contributed by atoms with E-state index in [0.29, 0.717) is 11.7 Å². The molecule has 0 saturated heterocycles. The van der Waals surface area contributed by atoms with Crippen molar-refractivity contribution < 1.29 is 4.79 Å². The number of Topliss-reactive ketones (excluding diaryl/α,β-unsaturated/α-hetero) is 1. The zero-order chi connectivity index (χ0) is 8.27. The van der Waals surface area contributed by atoms with Crippen molar-refractivity contribution in [2.24, 2.45) is 5.92 Å². The molecule has 0 bridgehead atoms. The molecule has 1 rings (SSSR count). The van der Waals surface area contributed by atoms with Gasteiger partial charge in [0.25, 0.3) is 0 Å². The van der Waals surface area contributed by atoms with Crippen LogP contribution in [0.25, 0.3) is 0 Å². The average molecular weight is 152 g/mol. The van der Waals surface area contributed by atoms with Gasteiger partial charge in [-0.15, -0.1) is 6.58 Å². The van der Waals surface area contributed by atoms with Crippen LogP contribution in [0.1, 0.15) is 39.0 Å². The number of carbonyl (C=O) groups is 1. The molecule has 62 valence electrons. The van der Waals surface area contributed by atoms with Crippen LogP contribution in [0.3, 0.4) is 0 Å². The molecule has 1 aliphatic rings. The van der Waals surface area contributed by atoms with Crippen molar-refractivity contribution in [1.29, 1.82) is 0 Å². The fourth-order valence-corrected chi connectivity index (χ4v) is 1.78. The minimum absolute atomic E-state index is 0.447. The Morgan fingerprint density at radius 1 is 1.73 bits per heavy atom. The number of allylic oxidation sites excluding steroid dienone is 1. The van der Waals surface area contributed by atoms with Crippen LogP contribution in [0.5, 0.6) is 0 Å². The van der Waals surface area contributed by atoms with Crippen LogP contribution >= 0.6 is 0 Å². The summed E-state index contributed by atoms with van der Waals surface area (Å²) in [7, 11) is 0. The van der Waals surface area contributed by atoms with E-state index in [1.54, 1.807) is 0 Å². The van der Waals surface area contributed by atoms with Gasteiger partial charge in [0.05, 0.1) is 0 Å². The molecule has 1 unspecified atom stereocenters. The molecule has 1 heteroatoms. The Labute approximate surface area is 68.5 Å². The second-order valence-corrected chi connectivity index (χ2v) is 3.66. The van der Waals surface area contributed by atoms with Crippen molar-refractivity contribution >= 4 is 5.78 Å². The molecular formula is C10H16O. The van der Waals surface area contributed by atoms with Crippen molar-refractivity contribution in [2.45, 2.75) is 39.0 Å². The van der Waals surface area contributed by atoms with E-state index in [2.05, 4.69) is 6.58 Å². The normalized spacial score (nSPS) is 25.2. The van der Waals surface area contributed by atoms with Gasteiger partial charge in [-0.25, -0.2) is 0 Å². The zero-order valence-electron chi connectivity index (χ0n) is 7.23. The number of carbonyl (C=O) groups excluding carboxylic acids is 1. The molecule has 0 aliphatic heterocycles. The van der Waals surface area contributed by atoms with Crippen molar-refractivity contribution in [3.8, 4) is 0 Å². The lowest BCUT2D eigenvalue weighted by Crippen LogP contribution is -2.14. The second-order valence-electron chi connectivity index (χ2n) is 3.66. The van der Waals surface area contributed by atoms with E-state index in [-0.39, 0.29) is 0 Å². The van der Waals surface area contributed by atoms with Gasteiger partial charge in [-0.05, 0) is 32.1 Å². The van der Waals surface area contributed by atoms with Crippen LogP contribution in [0.2, 0.25) is 0 Å². The van der Waals surface area contributed by atoms with Crippen molar-refractivity contribution in [3.63, 3.8) is 0 Å². The fourth-order valence-electron chi connectivity index (χ4n) is 1.78. The van der Waals surface area contributed by atoms with Gasteiger partial charge in [0.15, 0.2) is 0 Å². The van der Waals surface area contributed by atoms with E-state index in [1.165, 1.54) is 12.0 Å². The van der Waals surface area contributed by atoms with Gasteiger partial charge >= 0.3 is 0 Å². The molecule has 0 amide bonds. The summed E-state index contributed by atoms with van der Waals surface area (Å²) in [5.41, 5.74) is 1.21. The van der Waals surface area contributed by atoms with Crippen LogP contribution in [-0.2, 0) is 4.79 Å². The highest BCUT2D eigenvalue weighted by atomic mass is 16.1. The molecule has 0 heterocycles. The maximum absolute atomic E-state index is 11.0. The highest BCUT2D eigenvalue weighted by molar-refractivity contribution is 5.79. The van der Waals surface area contributed by atoms with E-state index in [4.69, 9.17) is 0 Å². The van der Waals surface area contributed by atoms with Gasteiger partial charge in [0, 0.05) is 12.8 Å². The Hall–Kier alpha value is -0.590. The molecule has 0 aromatic heterocycles. The summed E-state index contributed by atoms with van der Waals surface area (Å²) >= 11 is 0. The molecule has 0 radical (unpaired) electrons. The number of hydrogen-bond donors (Lipinski definition) is 0. The maximum atomic E-state index is 11.0. The lowest BCUT2D eigenvalue weighted by Gasteiger charge is -2.20. The predicted molar refractivity (Wildman–Crippen MR) is 46.4 cm³/mol. The summed E-state index contributed by atoms with van der Waals surface area (Å²) in [6.07, 6.45) is 4.97. The number of rotatable bonds is 2. The Bertz CT molecular complexity index is 168. The first-order valence-electron chi connectivity index (χ1n) is 4.34. The molecule has 1 fully saturated rings. The molecule has 0 N–H and O–H groups in total. The molecule has 0 aromatic rings. The summed E-state index contributed by atoms with van der Waals surface area (Å²) in [4.78, 5) is 11.0. The van der Waals surface area contributed by atoms with Crippen LogP contribution in [0, 0.1) is 5.92 Å². The lowest BCUT2D eigenvalue weighted by atomic mass is 9.84. The molecule has 11 heavy (non-hydrogen) atoms. The van der Waals surface area contributed by atoms with Gasteiger partial charge in [0.1, 0.15) is 5.78 Å². The third kappa shape index (κ3) is 2.87. The third-order valence-corrected chi connectivity index (χ3v) is 2.22. The molecule has 0 aromatic carbocycles. The van der Waals surface area contributed by atoms with E-state index in [9.17, 15) is 4.79 Å². The monoisotopic (exact) mass is 152 g/mol. The molecule has 0 spiro atoms. The van der Waals surface area contributed by atoms with Gasteiger partial charge in [0.2, 0.25) is 0 Å². The fraction of sp³-hybridized carbons (Fsp3) is 0.700. The van der Waals surface area contributed by atoms with E-state index < -0.39 is 0 Å².